The van der Waals surface area contributed by atoms with Crippen molar-refractivity contribution in [3.05, 3.63) is 35.9 Å². The Morgan fingerprint density at radius 1 is 1.50 bits per heavy atom. The van der Waals surface area contributed by atoms with E-state index in [-0.39, 0.29) is 17.3 Å². The Morgan fingerprint density at radius 3 is 2.94 bits per heavy atom. The third kappa shape index (κ3) is 2.14. The molecule has 0 radical (unpaired) electrons. The minimum atomic E-state index is -0.665. The number of pyridine rings is 1. The van der Waals surface area contributed by atoms with E-state index in [0.717, 1.165) is 0 Å². The molecule has 82 valence electrons. The normalized spacial score (nSPS) is 10.1. The summed E-state index contributed by atoms with van der Waals surface area (Å²) < 4.78 is 12.7. The summed E-state index contributed by atoms with van der Waals surface area (Å²) in [4.78, 5) is 15.0. The van der Waals surface area contributed by atoms with Gasteiger partial charge in [-0.15, -0.1) is 0 Å². The number of anilines is 2. The van der Waals surface area contributed by atoms with Gasteiger partial charge in [-0.1, -0.05) is 6.07 Å². The quantitative estimate of drug-likeness (QED) is 0.653. The summed E-state index contributed by atoms with van der Waals surface area (Å²) >= 11 is 0. The van der Waals surface area contributed by atoms with Crippen molar-refractivity contribution >= 4 is 17.5 Å². The first-order valence-electron chi connectivity index (χ1n) is 4.40. The predicted molar refractivity (Wildman–Crippen MR) is 55.1 cm³/mol. The number of aromatic amines is 1. The van der Waals surface area contributed by atoms with E-state index in [9.17, 15) is 9.18 Å². The molecule has 0 atom stereocenters. The van der Waals surface area contributed by atoms with Crippen molar-refractivity contribution in [3.63, 3.8) is 0 Å². The molecule has 16 heavy (non-hydrogen) atoms. The van der Waals surface area contributed by atoms with Gasteiger partial charge in [-0.3, -0.25) is 9.89 Å². The second-order valence-electron chi connectivity index (χ2n) is 3.01. The van der Waals surface area contributed by atoms with Crippen LogP contribution in [0.15, 0.2) is 24.3 Å². The van der Waals surface area contributed by atoms with Crippen LogP contribution >= 0.6 is 0 Å². The molecular formula is C9H8FN5O. The summed E-state index contributed by atoms with van der Waals surface area (Å²) in [6.07, 6.45) is 0. The Labute approximate surface area is 89.7 Å². The SMILES string of the molecule is Nc1cc(C(=O)Nc2cccc(F)n2)[nH]n1. The maximum absolute atomic E-state index is 12.7. The van der Waals surface area contributed by atoms with Gasteiger partial charge < -0.3 is 11.1 Å². The second-order valence-corrected chi connectivity index (χ2v) is 3.01. The van der Waals surface area contributed by atoms with Crippen molar-refractivity contribution in [1.82, 2.24) is 15.2 Å². The van der Waals surface area contributed by atoms with Crippen molar-refractivity contribution in [1.29, 1.82) is 0 Å². The smallest absolute Gasteiger partial charge is 0.274 e. The first-order valence-corrected chi connectivity index (χ1v) is 4.40. The summed E-state index contributed by atoms with van der Waals surface area (Å²) in [6.45, 7) is 0. The van der Waals surface area contributed by atoms with E-state index in [1.165, 1.54) is 24.3 Å². The van der Waals surface area contributed by atoms with E-state index in [1.54, 1.807) is 0 Å². The molecule has 2 heterocycles. The van der Waals surface area contributed by atoms with Gasteiger partial charge in [0.1, 0.15) is 17.3 Å². The number of nitrogens with two attached hydrogens (primary N) is 1. The summed E-state index contributed by atoms with van der Waals surface area (Å²) in [5.74, 6) is -0.820. The van der Waals surface area contributed by atoms with Crippen LogP contribution in [0.2, 0.25) is 0 Å². The highest BCUT2D eigenvalue weighted by Crippen LogP contribution is 2.07. The van der Waals surface area contributed by atoms with Gasteiger partial charge >= 0.3 is 0 Å². The molecule has 0 unspecified atom stereocenters. The van der Waals surface area contributed by atoms with Crippen LogP contribution in [0.5, 0.6) is 0 Å². The van der Waals surface area contributed by atoms with Crippen LogP contribution < -0.4 is 11.1 Å². The molecule has 0 aliphatic carbocycles. The Morgan fingerprint density at radius 2 is 2.31 bits per heavy atom. The lowest BCUT2D eigenvalue weighted by atomic mass is 10.4. The van der Waals surface area contributed by atoms with Crippen molar-refractivity contribution in [2.24, 2.45) is 0 Å². The Kier molecular flexibility index (Phi) is 2.50. The number of amides is 1. The van der Waals surface area contributed by atoms with Gasteiger partial charge in [-0.2, -0.15) is 9.49 Å². The number of hydrogen-bond donors (Lipinski definition) is 3. The van der Waals surface area contributed by atoms with E-state index >= 15 is 0 Å². The molecule has 2 rings (SSSR count). The highest BCUT2D eigenvalue weighted by atomic mass is 19.1. The first-order chi connectivity index (χ1) is 7.65. The maximum Gasteiger partial charge on any atom is 0.274 e. The molecule has 0 bridgehead atoms. The molecule has 0 aromatic carbocycles. The van der Waals surface area contributed by atoms with E-state index in [4.69, 9.17) is 5.73 Å². The minimum absolute atomic E-state index is 0.123. The lowest BCUT2D eigenvalue weighted by Crippen LogP contribution is -2.13. The Bertz CT molecular complexity index is 524. The van der Waals surface area contributed by atoms with Crippen LogP contribution in [0.4, 0.5) is 16.0 Å². The lowest BCUT2D eigenvalue weighted by molar-refractivity contribution is 0.102. The number of carbonyl (C=O) groups excluding carboxylic acids is 1. The van der Waals surface area contributed by atoms with Gasteiger partial charge in [0.25, 0.3) is 5.91 Å². The monoisotopic (exact) mass is 221 g/mol. The largest absolute Gasteiger partial charge is 0.382 e. The highest BCUT2D eigenvalue weighted by Gasteiger charge is 2.09. The van der Waals surface area contributed by atoms with Gasteiger partial charge in [0.2, 0.25) is 5.95 Å². The molecule has 0 saturated heterocycles. The number of hydrogen-bond acceptors (Lipinski definition) is 4. The van der Waals surface area contributed by atoms with Crippen molar-refractivity contribution in [2.45, 2.75) is 0 Å². The minimum Gasteiger partial charge on any atom is -0.382 e. The molecule has 0 fully saturated rings. The Hall–Kier alpha value is -2.44. The number of aromatic nitrogens is 3. The number of nitrogen functional groups attached to an aromatic ring is 1. The maximum atomic E-state index is 12.7. The molecular weight excluding hydrogens is 213 g/mol. The zero-order valence-electron chi connectivity index (χ0n) is 8.07. The third-order valence-electron chi connectivity index (χ3n) is 1.80. The van der Waals surface area contributed by atoms with Crippen molar-refractivity contribution in [3.8, 4) is 0 Å². The molecule has 2 aromatic heterocycles. The number of H-pyrrole nitrogens is 1. The fourth-order valence-electron chi connectivity index (χ4n) is 1.12. The lowest BCUT2D eigenvalue weighted by Gasteiger charge is -2.01. The van der Waals surface area contributed by atoms with E-state index < -0.39 is 11.9 Å². The van der Waals surface area contributed by atoms with Crippen molar-refractivity contribution < 1.29 is 9.18 Å². The summed E-state index contributed by atoms with van der Waals surface area (Å²) in [5, 5.41) is 8.42. The van der Waals surface area contributed by atoms with Crippen LogP contribution in [0.3, 0.4) is 0 Å². The number of halogens is 1. The van der Waals surface area contributed by atoms with Gasteiger partial charge in [0, 0.05) is 6.07 Å². The van der Waals surface area contributed by atoms with Gasteiger partial charge in [0.15, 0.2) is 0 Å². The number of rotatable bonds is 2. The zero-order chi connectivity index (χ0) is 11.5. The van der Waals surface area contributed by atoms with Crippen LogP contribution in [-0.2, 0) is 0 Å². The molecule has 4 N–H and O–H groups in total. The van der Waals surface area contributed by atoms with E-state index in [1.807, 2.05) is 0 Å². The summed E-state index contributed by atoms with van der Waals surface area (Å²) in [6, 6.07) is 5.47. The third-order valence-corrected chi connectivity index (χ3v) is 1.80. The topological polar surface area (TPSA) is 96.7 Å². The average molecular weight is 221 g/mol. The van der Waals surface area contributed by atoms with Gasteiger partial charge in [0.05, 0.1) is 0 Å². The molecule has 0 aliphatic heterocycles. The molecule has 0 saturated carbocycles. The van der Waals surface area contributed by atoms with E-state index in [0.29, 0.717) is 0 Å². The van der Waals surface area contributed by atoms with Gasteiger partial charge in [-0.25, -0.2) is 4.98 Å². The van der Waals surface area contributed by atoms with E-state index in [2.05, 4.69) is 20.5 Å². The fraction of sp³-hybridized carbons (Fsp3) is 0. The standard InChI is InChI=1S/C9H8FN5O/c10-6-2-1-3-8(12-6)13-9(16)5-4-7(11)15-14-5/h1-4H,(H3,11,14,15)(H,12,13,16). The average Bonchev–Trinajstić information content (AvgIpc) is 2.65. The highest BCUT2D eigenvalue weighted by molar-refractivity contribution is 6.02. The summed E-state index contributed by atoms with van der Waals surface area (Å²) in [5.41, 5.74) is 5.52. The fourth-order valence-corrected chi connectivity index (χ4v) is 1.12. The molecule has 7 heteroatoms. The van der Waals surface area contributed by atoms with Crippen LogP contribution in [0.25, 0.3) is 0 Å². The molecule has 0 spiro atoms. The number of nitrogens with zero attached hydrogens (tertiary/aromatic N) is 2. The predicted octanol–water partition coefficient (Wildman–Crippen LogP) is 0.778. The van der Waals surface area contributed by atoms with Crippen LogP contribution in [0, 0.1) is 5.95 Å². The number of carbonyl (C=O) groups is 1. The molecule has 0 aliphatic rings. The first kappa shape index (κ1) is 10.1. The second kappa shape index (κ2) is 3.97. The van der Waals surface area contributed by atoms with Crippen LogP contribution in [-0.4, -0.2) is 21.1 Å². The molecule has 6 nitrogen and oxygen atoms in total. The van der Waals surface area contributed by atoms with Crippen molar-refractivity contribution in [2.75, 3.05) is 11.1 Å². The summed E-state index contributed by atoms with van der Waals surface area (Å²) in [7, 11) is 0. The molecule has 1 amide bonds. The zero-order valence-corrected chi connectivity index (χ0v) is 8.07. The van der Waals surface area contributed by atoms with Crippen LogP contribution in [0.1, 0.15) is 10.5 Å². The number of nitrogens with one attached hydrogen (secondary N) is 2. The Balaban J connectivity index is 2.13. The molecule has 2 aromatic rings. The van der Waals surface area contributed by atoms with Gasteiger partial charge in [-0.05, 0) is 12.1 Å².